The van der Waals surface area contributed by atoms with E-state index in [0.717, 1.165) is 18.4 Å². The van der Waals surface area contributed by atoms with Crippen molar-refractivity contribution >= 4 is 24.3 Å². The van der Waals surface area contributed by atoms with Crippen LogP contribution in [-0.4, -0.2) is 67.2 Å². The number of likely N-dealkylation sites (tertiary alicyclic amines) is 1. The van der Waals surface area contributed by atoms with Crippen LogP contribution in [-0.2, 0) is 9.59 Å². The van der Waals surface area contributed by atoms with Crippen LogP contribution in [0.25, 0.3) is 0 Å². The Morgan fingerprint density at radius 2 is 1.96 bits per heavy atom. The van der Waals surface area contributed by atoms with E-state index in [2.05, 4.69) is 0 Å². The summed E-state index contributed by atoms with van der Waals surface area (Å²) in [6, 6.07) is 4.96. The second kappa shape index (κ2) is 9.64. The van der Waals surface area contributed by atoms with Crippen molar-refractivity contribution in [3.63, 3.8) is 0 Å². The molecule has 1 fully saturated rings. The van der Waals surface area contributed by atoms with Gasteiger partial charge in [-0.1, -0.05) is 6.07 Å². The molecule has 0 aliphatic carbocycles. The molecule has 0 bridgehead atoms. The molecule has 1 amide bonds. The molecular formula is C18H27ClN2O5. The number of amides is 1. The van der Waals surface area contributed by atoms with Crippen molar-refractivity contribution in [3.05, 3.63) is 23.8 Å². The number of hydrogen-bond donors (Lipinski definition) is 1. The van der Waals surface area contributed by atoms with E-state index in [1.54, 1.807) is 33.1 Å². The Bertz CT molecular complexity index is 640. The lowest BCUT2D eigenvalue weighted by atomic mass is 10.0. The fraction of sp³-hybridized carbons (Fsp3) is 0.556. The lowest BCUT2D eigenvalue weighted by Gasteiger charge is -2.29. The van der Waals surface area contributed by atoms with E-state index >= 15 is 0 Å². The van der Waals surface area contributed by atoms with Gasteiger partial charge in [0.1, 0.15) is 6.04 Å². The number of rotatable bonds is 7. The number of carbonyl (C=O) groups excluding carboxylic acids is 1. The van der Waals surface area contributed by atoms with Crippen LogP contribution in [0, 0.1) is 0 Å². The Morgan fingerprint density at radius 1 is 1.31 bits per heavy atom. The van der Waals surface area contributed by atoms with Crippen molar-refractivity contribution in [2.24, 2.45) is 0 Å². The standard InChI is InChI=1S/C18H26N2O5.ClH/c1-12(18(22)23)19(2)11-17(21)20-9-5-6-14(20)13-7-8-15(24-3)16(10-13)25-4;/h7-8,10,12,14H,5-6,9,11H2,1-4H3,(H,22,23);1H. The number of carboxylic acids is 1. The molecule has 1 aromatic carbocycles. The summed E-state index contributed by atoms with van der Waals surface area (Å²) in [7, 11) is 4.82. The topological polar surface area (TPSA) is 79.3 Å². The zero-order valence-corrected chi connectivity index (χ0v) is 16.4. The molecule has 1 aromatic rings. The molecule has 0 saturated carbocycles. The molecule has 8 heteroatoms. The van der Waals surface area contributed by atoms with Gasteiger partial charge < -0.3 is 19.5 Å². The van der Waals surface area contributed by atoms with Crippen molar-refractivity contribution in [2.45, 2.75) is 31.8 Å². The highest BCUT2D eigenvalue weighted by Gasteiger charge is 2.32. The average molecular weight is 387 g/mol. The molecule has 2 unspecified atom stereocenters. The van der Waals surface area contributed by atoms with Gasteiger partial charge >= 0.3 is 5.97 Å². The summed E-state index contributed by atoms with van der Waals surface area (Å²) in [6.07, 6.45) is 1.79. The van der Waals surface area contributed by atoms with Crippen LogP contribution in [0.5, 0.6) is 11.5 Å². The Hall–Kier alpha value is -1.99. The third-order valence-corrected chi connectivity index (χ3v) is 4.77. The van der Waals surface area contributed by atoms with Gasteiger partial charge in [0.2, 0.25) is 5.91 Å². The monoisotopic (exact) mass is 386 g/mol. The van der Waals surface area contributed by atoms with Gasteiger partial charge in [0.05, 0.1) is 26.8 Å². The van der Waals surface area contributed by atoms with Crippen LogP contribution >= 0.6 is 12.4 Å². The van der Waals surface area contributed by atoms with E-state index in [0.29, 0.717) is 18.0 Å². The highest BCUT2D eigenvalue weighted by molar-refractivity contribution is 5.85. The van der Waals surface area contributed by atoms with E-state index < -0.39 is 12.0 Å². The van der Waals surface area contributed by atoms with Gasteiger partial charge in [0, 0.05) is 6.54 Å². The van der Waals surface area contributed by atoms with E-state index in [9.17, 15) is 9.59 Å². The van der Waals surface area contributed by atoms with Crippen LogP contribution in [0.1, 0.15) is 31.4 Å². The third-order valence-electron chi connectivity index (χ3n) is 4.77. The normalized spacial score (nSPS) is 17.6. The number of nitrogens with zero attached hydrogens (tertiary/aromatic N) is 2. The quantitative estimate of drug-likeness (QED) is 0.773. The smallest absolute Gasteiger partial charge is 0.320 e. The molecule has 0 aromatic heterocycles. The molecule has 2 atom stereocenters. The Kier molecular flexibility index (Phi) is 8.17. The van der Waals surface area contributed by atoms with Crippen LogP contribution < -0.4 is 9.47 Å². The summed E-state index contributed by atoms with van der Waals surface area (Å²) in [5.41, 5.74) is 0.998. The molecule has 1 heterocycles. The zero-order valence-electron chi connectivity index (χ0n) is 15.6. The minimum atomic E-state index is -0.937. The highest BCUT2D eigenvalue weighted by atomic mass is 35.5. The number of hydrogen-bond acceptors (Lipinski definition) is 5. The number of methoxy groups -OCH3 is 2. The first-order chi connectivity index (χ1) is 11.9. The Morgan fingerprint density at radius 3 is 2.54 bits per heavy atom. The minimum absolute atomic E-state index is 0. The van der Waals surface area contributed by atoms with Gasteiger partial charge in [-0.05, 0) is 44.5 Å². The Balaban J connectivity index is 0.00000338. The lowest BCUT2D eigenvalue weighted by molar-refractivity contribution is -0.143. The van der Waals surface area contributed by atoms with Crippen molar-refractivity contribution in [3.8, 4) is 11.5 Å². The van der Waals surface area contributed by atoms with Gasteiger partial charge in [-0.25, -0.2) is 0 Å². The van der Waals surface area contributed by atoms with Gasteiger partial charge in [-0.2, -0.15) is 0 Å². The maximum absolute atomic E-state index is 12.7. The number of likely N-dealkylation sites (N-methyl/N-ethyl adjacent to an activating group) is 1. The SMILES string of the molecule is COc1ccc(C2CCCN2C(=O)CN(C)C(C)C(=O)O)cc1OC.Cl. The molecule has 146 valence electrons. The lowest BCUT2D eigenvalue weighted by Crippen LogP contribution is -2.44. The number of benzene rings is 1. The maximum Gasteiger partial charge on any atom is 0.320 e. The predicted molar refractivity (Wildman–Crippen MR) is 100 cm³/mol. The summed E-state index contributed by atoms with van der Waals surface area (Å²) in [4.78, 5) is 27.1. The summed E-state index contributed by atoms with van der Waals surface area (Å²) in [5, 5.41) is 9.08. The second-order valence-corrected chi connectivity index (χ2v) is 6.29. The first kappa shape index (κ1) is 22.1. The summed E-state index contributed by atoms with van der Waals surface area (Å²) >= 11 is 0. The van der Waals surface area contributed by atoms with E-state index in [1.807, 2.05) is 23.1 Å². The first-order valence-electron chi connectivity index (χ1n) is 8.33. The molecule has 1 aliphatic heterocycles. The molecule has 1 N–H and O–H groups in total. The van der Waals surface area contributed by atoms with E-state index in [4.69, 9.17) is 14.6 Å². The number of carbonyl (C=O) groups is 2. The molecule has 7 nitrogen and oxygen atoms in total. The van der Waals surface area contributed by atoms with Crippen molar-refractivity contribution < 1.29 is 24.2 Å². The number of ether oxygens (including phenoxy) is 2. The summed E-state index contributed by atoms with van der Waals surface area (Å²) in [6.45, 7) is 2.33. The van der Waals surface area contributed by atoms with Gasteiger partial charge in [-0.15, -0.1) is 12.4 Å². The molecule has 2 rings (SSSR count). The number of carboxylic acid groups (broad SMARTS) is 1. The van der Waals surface area contributed by atoms with Crippen LogP contribution in [0.3, 0.4) is 0 Å². The fourth-order valence-corrected chi connectivity index (χ4v) is 3.10. The zero-order chi connectivity index (χ0) is 18.6. The fourth-order valence-electron chi connectivity index (χ4n) is 3.10. The van der Waals surface area contributed by atoms with Gasteiger partial charge in [0.15, 0.2) is 11.5 Å². The second-order valence-electron chi connectivity index (χ2n) is 6.29. The first-order valence-corrected chi connectivity index (χ1v) is 8.33. The average Bonchev–Trinajstić information content (AvgIpc) is 3.09. The molecule has 1 aliphatic rings. The minimum Gasteiger partial charge on any atom is -0.493 e. The van der Waals surface area contributed by atoms with Crippen LogP contribution in [0.4, 0.5) is 0 Å². The number of halogens is 1. The van der Waals surface area contributed by atoms with Gasteiger partial charge in [0.25, 0.3) is 0 Å². The number of aliphatic carboxylic acids is 1. The Labute approximate surface area is 160 Å². The molecular weight excluding hydrogens is 360 g/mol. The van der Waals surface area contributed by atoms with Crippen molar-refractivity contribution in [2.75, 3.05) is 34.4 Å². The van der Waals surface area contributed by atoms with Crippen molar-refractivity contribution in [1.29, 1.82) is 0 Å². The van der Waals surface area contributed by atoms with E-state index in [1.165, 1.54) is 0 Å². The van der Waals surface area contributed by atoms with Crippen LogP contribution in [0.2, 0.25) is 0 Å². The third kappa shape index (κ3) is 4.80. The maximum atomic E-state index is 12.7. The van der Waals surface area contributed by atoms with E-state index in [-0.39, 0.29) is 30.9 Å². The van der Waals surface area contributed by atoms with Gasteiger partial charge in [-0.3, -0.25) is 14.5 Å². The highest BCUT2D eigenvalue weighted by Crippen LogP contribution is 2.36. The van der Waals surface area contributed by atoms with Crippen LogP contribution in [0.15, 0.2) is 18.2 Å². The largest absolute Gasteiger partial charge is 0.493 e. The van der Waals surface area contributed by atoms with Crippen molar-refractivity contribution in [1.82, 2.24) is 9.80 Å². The molecule has 1 saturated heterocycles. The molecule has 0 radical (unpaired) electrons. The molecule has 26 heavy (non-hydrogen) atoms. The molecule has 0 spiro atoms. The predicted octanol–water partition coefficient (Wildman–Crippen LogP) is 2.19. The summed E-state index contributed by atoms with van der Waals surface area (Å²) < 4.78 is 10.6. The summed E-state index contributed by atoms with van der Waals surface area (Å²) in [5.74, 6) is 0.286.